The van der Waals surface area contributed by atoms with E-state index in [0.29, 0.717) is 12.4 Å². The molecule has 0 bridgehead atoms. The topological polar surface area (TPSA) is 53.1 Å². The summed E-state index contributed by atoms with van der Waals surface area (Å²) in [5.41, 5.74) is 2.06. The zero-order valence-corrected chi connectivity index (χ0v) is 17.0. The maximum Gasteiger partial charge on any atom is 0.163 e. The average Bonchev–Trinajstić information content (AvgIpc) is 2.73. The molecule has 0 aliphatic carbocycles. The van der Waals surface area contributed by atoms with Crippen molar-refractivity contribution in [1.29, 1.82) is 0 Å². The first-order valence-electron chi connectivity index (χ1n) is 9.91. The second-order valence-corrected chi connectivity index (χ2v) is 7.21. The normalized spacial score (nSPS) is 10.9. The second-order valence-electron chi connectivity index (χ2n) is 7.21. The van der Waals surface area contributed by atoms with Crippen molar-refractivity contribution in [2.24, 2.45) is 0 Å². The number of hydrogen-bond acceptors (Lipinski definition) is 5. The predicted octanol–water partition coefficient (Wildman–Crippen LogP) is 4.30. The largest absolute Gasteiger partial charge is 0.370 e. The van der Waals surface area contributed by atoms with E-state index in [9.17, 15) is 4.39 Å². The van der Waals surface area contributed by atoms with E-state index in [1.807, 2.05) is 48.5 Å². The molecule has 0 radical (unpaired) electrons. The van der Waals surface area contributed by atoms with E-state index >= 15 is 0 Å². The van der Waals surface area contributed by atoms with Crippen molar-refractivity contribution in [1.82, 2.24) is 14.9 Å². The fourth-order valence-electron chi connectivity index (χ4n) is 2.94. The Morgan fingerprint density at radius 1 is 0.862 bits per heavy atom. The van der Waals surface area contributed by atoms with E-state index in [1.165, 1.54) is 12.1 Å². The Labute approximate surface area is 172 Å². The molecule has 3 rings (SSSR count). The molecule has 0 aliphatic rings. The quantitative estimate of drug-likeness (QED) is 0.503. The first-order valence-corrected chi connectivity index (χ1v) is 9.91. The van der Waals surface area contributed by atoms with Crippen LogP contribution in [0.2, 0.25) is 0 Å². The van der Waals surface area contributed by atoms with Crippen LogP contribution in [-0.2, 0) is 6.42 Å². The van der Waals surface area contributed by atoms with Gasteiger partial charge in [-0.3, -0.25) is 0 Å². The first kappa shape index (κ1) is 20.7. The molecule has 0 atom stereocenters. The number of rotatable bonds is 10. The molecule has 6 heteroatoms. The minimum Gasteiger partial charge on any atom is -0.370 e. The minimum absolute atomic E-state index is 0.213. The van der Waals surface area contributed by atoms with Crippen LogP contribution in [-0.4, -0.2) is 48.6 Å². The lowest BCUT2D eigenvalue weighted by Crippen LogP contribution is -2.17. The summed E-state index contributed by atoms with van der Waals surface area (Å²) >= 11 is 0. The van der Waals surface area contributed by atoms with Gasteiger partial charge in [0.05, 0.1) is 0 Å². The van der Waals surface area contributed by atoms with E-state index in [2.05, 4.69) is 39.6 Å². The van der Waals surface area contributed by atoms with Crippen molar-refractivity contribution >= 4 is 11.6 Å². The Morgan fingerprint density at radius 3 is 2.17 bits per heavy atom. The van der Waals surface area contributed by atoms with Gasteiger partial charge in [0.25, 0.3) is 0 Å². The summed E-state index contributed by atoms with van der Waals surface area (Å²) in [6.07, 6.45) is 1.82. The van der Waals surface area contributed by atoms with Crippen LogP contribution in [0.5, 0.6) is 0 Å². The zero-order chi connectivity index (χ0) is 20.5. The molecule has 1 aromatic heterocycles. The fourth-order valence-corrected chi connectivity index (χ4v) is 2.94. The Morgan fingerprint density at radius 2 is 1.52 bits per heavy atom. The molecule has 0 saturated carbocycles. The number of halogens is 1. The third kappa shape index (κ3) is 6.84. The van der Waals surface area contributed by atoms with Gasteiger partial charge in [0, 0.05) is 24.7 Å². The van der Waals surface area contributed by atoms with Crippen LogP contribution in [0.15, 0.2) is 60.7 Å². The summed E-state index contributed by atoms with van der Waals surface area (Å²) in [4.78, 5) is 11.5. The van der Waals surface area contributed by atoms with Crippen LogP contribution < -0.4 is 10.6 Å². The Kier molecular flexibility index (Phi) is 7.53. The van der Waals surface area contributed by atoms with Crippen molar-refractivity contribution < 1.29 is 4.39 Å². The zero-order valence-electron chi connectivity index (χ0n) is 17.0. The molecule has 5 nitrogen and oxygen atoms in total. The third-order valence-electron chi connectivity index (χ3n) is 4.48. The van der Waals surface area contributed by atoms with Gasteiger partial charge in [0.2, 0.25) is 0 Å². The average molecular weight is 394 g/mol. The van der Waals surface area contributed by atoms with Gasteiger partial charge >= 0.3 is 0 Å². The molecule has 0 spiro atoms. The van der Waals surface area contributed by atoms with E-state index in [4.69, 9.17) is 0 Å². The third-order valence-corrected chi connectivity index (χ3v) is 4.48. The molecule has 0 saturated heterocycles. The van der Waals surface area contributed by atoms with Crippen molar-refractivity contribution in [3.8, 4) is 11.4 Å². The molecule has 1 heterocycles. The fraction of sp³-hybridized carbons (Fsp3) is 0.304. The molecule has 29 heavy (non-hydrogen) atoms. The Balaban J connectivity index is 1.68. The highest BCUT2D eigenvalue weighted by Crippen LogP contribution is 2.20. The lowest BCUT2D eigenvalue weighted by molar-refractivity contribution is 0.405. The van der Waals surface area contributed by atoms with Gasteiger partial charge in [0.1, 0.15) is 17.5 Å². The number of nitrogens with zero attached hydrogens (tertiary/aromatic N) is 3. The number of aromatic nitrogens is 2. The molecule has 3 aromatic rings. The second kappa shape index (κ2) is 10.5. The Bertz CT molecular complexity index is 882. The van der Waals surface area contributed by atoms with Crippen LogP contribution in [0, 0.1) is 5.82 Å². The van der Waals surface area contributed by atoms with Gasteiger partial charge in [0.15, 0.2) is 5.82 Å². The predicted molar refractivity (Wildman–Crippen MR) is 118 cm³/mol. The Hall–Kier alpha value is -2.99. The van der Waals surface area contributed by atoms with Crippen LogP contribution >= 0.6 is 0 Å². The maximum absolute atomic E-state index is 13.1. The maximum atomic E-state index is 13.1. The molecule has 0 unspecified atom stereocenters. The highest BCUT2D eigenvalue weighted by molar-refractivity contribution is 5.61. The van der Waals surface area contributed by atoms with Crippen LogP contribution in [0.3, 0.4) is 0 Å². The summed E-state index contributed by atoms with van der Waals surface area (Å²) in [6.45, 7) is 2.57. The molecule has 2 N–H and O–H groups in total. The van der Waals surface area contributed by atoms with Crippen LogP contribution in [0.4, 0.5) is 16.0 Å². The summed E-state index contributed by atoms with van der Waals surface area (Å²) in [5, 5.41) is 6.78. The summed E-state index contributed by atoms with van der Waals surface area (Å²) < 4.78 is 13.1. The van der Waals surface area contributed by atoms with Gasteiger partial charge in [-0.2, -0.15) is 0 Å². The van der Waals surface area contributed by atoms with E-state index in [-0.39, 0.29) is 5.82 Å². The van der Waals surface area contributed by atoms with Gasteiger partial charge in [-0.05, 0) is 51.2 Å². The molecule has 2 aromatic carbocycles. The smallest absolute Gasteiger partial charge is 0.163 e. The highest BCUT2D eigenvalue weighted by atomic mass is 19.1. The van der Waals surface area contributed by atoms with Crippen LogP contribution in [0.25, 0.3) is 11.4 Å². The van der Waals surface area contributed by atoms with Gasteiger partial charge < -0.3 is 15.5 Å². The van der Waals surface area contributed by atoms with Gasteiger partial charge in [-0.1, -0.05) is 42.5 Å². The number of hydrogen-bond donors (Lipinski definition) is 2. The summed E-state index contributed by atoms with van der Waals surface area (Å²) in [6, 6.07) is 18.5. The summed E-state index contributed by atoms with van der Waals surface area (Å²) in [7, 11) is 4.14. The van der Waals surface area contributed by atoms with E-state index in [0.717, 1.165) is 48.7 Å². The monoisotopic (exact) mass is 393 g/mol. The van der Waals surface area contributed by atoms with Gasteiger partial charge in [-0.15, -0.1) is 0 Å². The van der Waals surface area contributed by atoms with Crippen molar-refractivity contribution in [3.05, 3.63) is 72.0 Å². The molecule has 152 valence electrons. The van der Waals surface area contributed by atoms with Crippen molar-refractivity contribution in [2.45, 2.75) is 12.8 Å². The SMILES string of the molecule is CN(C)CCCNc1cc(NCCc2ccc(F)cc2)nc(-c2ccccc2)n1. The molecular formula is C23H28FN5. The first-order chi connectivity index (χ1) is 14.1. The van der Waals surface area contributed by atoms with E-state index in [1.54, 1.807) is 0 Å². The minimum atomic E-state index is -0.213. The molecule has 0 aliphatic heterocycles. The molecular weight excluding hydrogens is 365 g/mol. The van der Waals surface area contributed by atoms with Gasteiger partial charge in [-0.25, -0.2) is 14.4 Å². The lowest BCUT2D eigenvalue weighted by atomic mass is 10.1. The number of nitrogens with one attached hydrogen (secondary N) is 2. The van der Waals surface area contributed by atoms with Crippen molar-refractivity contribution in [2.75, 3.05) is 44.4 Å². The lowest BCUT2D eigenvalue weighted by Gasteiger charge is -2.13. The standard InChI is InChI=1S/C23H28FN5/c1-29(2)16-6-14-25-21-17-22(26-15-13-18-9-11-20(24)12-10-18)28-23(27-21)19-7-4-3-5-8-19/h3-5,7-12,17H,6,13-16H2,1-2H3,(H2,25,26,27,28). The van der Waals surface area contributed by atoms with Crippen LogP contribution in [0.1, 0.15) is 12.0 Å². The summed E-state index contributed by atoms with van der Waals surface area (Å²) in [5.74, 6) is 2.06. The number of benzene rings is 2. The van der Waals surface area contributed by atoms with Crippen molar-refractivity contribution in [3.63, 3.8) is 0 Å². The molecule has 0 amide bonds. The number of anilines is 2. The molecule has 0 fully saturated rings. The van der Waals surface area contributed by atoms with E-state index < -0.39 is 0 Å². The highest BCUT2D eigenvalue weighted by Gasteiger charge is 2.07.